The Balaban J connectivity index is 1.45. The van der Waals surface area contributed by atoms with Crippen LogP contribution in [0.2, 0.25) is 0 Å². The van der Waals surface area contributed by atoms with Crippen molar-refractivity contribution in [3.05, 3.63) is 58.7 Å². The molecule has 14 heteroatoms. The van der Waals surface area contributed by atoms with E-state index in [0.29, 0.717) is 35.6 Å². The summed E-state index contributed by atoms with van der Waals surface area (Å²) in [6, 6.07) is 5.25. The molecule has 3 amide bonds. The van der Waals surface area contributed by atoms with Crippen LogP contribution in [-0.2, 0) is 42.3 Å². The first-order chi connectivity index (χ1) is 23.0. The lowest BCUT2D eigenvalue weighted by atomic mass is 9.90. The second-order valence-electron chi connectivity index (χ2n) is 14.7. The molecular formula is C35H46FN5O8. The summed E-state index contributed by atoms with van der Waals surface area (Å²) in [4.78, 5) is 64.6. The number of hydrogen-bond acceptors (Lipinski definition) is 9. The summed E-state index contributed by atoms with van der Waals surface area (Å²) in [5.41, 5.74) is 1.90. The molecule has 13 nitrogen and oxygen atoms in total. The van der Waals surface area contributed by atoms with Crippen molar-refractivity contribution in [3.63, 3.8) is 0 Å². The molecule has 3 aliphatic rings. The molecule has 49 heavy (non-hydrogen) atoms. The molecule has 2 fully saturated rings. The van der Waals surface area contributed by atoms with Gasteiger partial charge in [-0.25, -0.2) is 14.0 Å². The summed E-state index contributed by atoms with van der Waals surface area (Å²) in [6.45, 7) is 10.9. The number of carbonyl (C=O) groups excluding carboxylic acids is 3. The number of nitrogens with zero attached hydrogens (tertiary/aromatic N) is 5. The molecule has 266 valence electrons. The minimum atomic E-state index is -1.20. The Bertz CT molecular complexity index is 1590. The molecule has 3 aliphatic heterocycles. The first-order valence-corrected chi connectivity index (χ1v) is 16.5. The van der Waals surface area contributed by atoms with Crippen LogP contribution in [0, 0.1) is 5.82 Å². The molecule has 1 aromatic heterocycles. The van der Waals surface area contributed by atoms with Crippen LogP contribution in [0.15, 0.2) is 30.3 Å². The van der Waals surface area contributed by atoms with Gasteiger partial charge in [0.1, 0.15) is 17.5 Å². The van der Waals surface area contributed by atoms with Crippen molar-refractivity contribution in [1.82, 2.24) is 19.7 Å². The van der Waals surface area contributed by atoms with E-state index in [0.717, 1.165) is 5.56 Å². The number of fused-ring (bicyclic) bond motifs is 1. The normalized spacial score (nSPS) is 22.5. The number of amides is 3. The van der Waals surface area contributed by atoms with Crippen molar-refractivity contribution in [2.45, 2.75) is 83.7 Å². The van der Waals surface area contributed by atoms with E-state index in [-0.39, 0.29) is 57.7 Å². The van der Waals surface area contributed by atoms with Gasteiger partial charge in [-0.3, -0.25) is 19.5 Å². The monoisotopic (exact) mass is 683 g/mol. The fourth-order valence-electron chi connectivity index (χ4n) is 6.73. The van der Waals surface area contributed by atoms with Crippen LogP contribution in [0.1, 0.15) is 64.1 Å². The number of rotatable bonds is 7. The fraction of sp³-hybridized carbons (Fsp3) is 0.571. The number of benzene rings is 1. The SMILES string of the molecule is C[C@@H]1CN(CC(=O)N2CC(C)(C)c3nc(CO)c(Cc4ccc(F)cc4)cc32)[C@@H](C(=O)N2CCOCC2C(=O)O)CN1C(=O)OC(C)(C)C. The number of anilines is 1. The van der Waals surface area contributed by atoms with Crippen LogP contribution in [-0.4, -0.2) is 123 Å². The molecule has 1 aromatic carbocycles. The van der Waals surface area contributed by atoms with Crippen LogP contribution in [0.4, 0.5) is 14.9 Å². The highest BCUT2D eigenvalue weighted by molar-refractivity contribution is 5.98. The summed E-state index contributed by atoms with van der Waals surface area (Å²) >= 11 is 0. The molecule has 2 saturated heterocycles. The average Bonchev–Trinajstić information content (AvgIpc) is 3.29. The summed E-state index contributed by atoms with van der Waals surface area (Å²) in [5.74, 6) is -2.37. The third-order valence-corrected chi connectivity index (χ3v) is 9.20. The van der Waals surface area contributed by atoms with Gasteiger partial charge in [-0.1, -0.05) is 26.0 Å². The third-order valence-electron chi connectivity index (χ3n) is 9.20. The highest BCUT2D eigenvalue weighted by atomic mass is 19.1. The quantitative estimate of drug-likeness (QED) is 0.446. The summed E-state index contributed by atoms with van der Waals surface area (Å²) < 4.78 is 24.6. The van der Waals surface area contributed by atoms with Gasteiger partial charge in [0.2, 0.25) is 11.8 Å². The van der Waals surface area contributed by atoms with Crippen molar-refractivity contribution in [1.29, 1.82) is 0 Å². The zero-order valence-corrected chi connectivity index (χ0v) is 28.9. The van der Waals surface area contributed by atoms with Crippen molar-refractivity contribution < 1.29 is 43.3 Å². The lowest BCUT2D eigenvalue weighted by molar-refractivity contribution is -0.162. The molecule has 0 radical (unpaired) electrons. The van der Waals surface area contributed by atoms with Gasteiger partial charge in [0.05, 0.1) is 43.4 Å². The van der Waals surface area contributed by atoms with E-state index in [4.69, 9.17) is 14.5 Å². The molecule has 4 heterocycles. The Morgan fingerprint density at radius 3 is 2.41 bits per heavy atom. The van der Waals surface area contributed by atoms with Gasteiger partial charge >= 0.3 is 12.1 Å². The number of carbonyl (C=O) groups is 4. The number of ether oxygens (including phenoxy) is 2. The van der Waals surface area contributed by atoms with E-state index in [1.165, 1.54) is 21.9 Å². The van der Waals surface area contributed by atoms with Gasteiger partial charge in [-0.05, 0) is 63.4 Å². The third kappa shape index (κ3) is 7.86. The second-order valence-corrected chi connectivity index (χ2v) is 14.7. The Morgan fingerprint density at radius 2 is 1.78 bits per heavy atom. The first kappa shape index (κ1) is 36.1. The maximum absolute atomic E-state index is 14.3. The highest BCUT2D eigenvalue weighted by Crippen LogP contribution is 2.41. The minimum absolute atomic E-state index is 0.0550. The molecule has 0 bridgehead atoms. The maximum Gasteiger partial charge on any atom is 0.410 e. The van der Waals surface area contributed by atoms with Gasteiger partial charge in [0, 0.05) is 37.6 Å². The Hall–Kier alpha value is -4.14. The summed E-state index contributed by atoms with van der Waals surface area (Å²) in [5, 5.41) is 20.1. The Kier molecular flexibility index (Phi) is 10.3. The standard InChI is InChI=1S/C35H46FN5O8/c1-21-15-38(27(16-40(21)33(47)49-34(2,3)4)31(44)39-11-12-48-19-28(39)32(45)46)17-29(43)41-20-35(5,6)30-26(41)14-23(25(18-42)37-30)13-22-7-9-24(36)10-8-22/h7-10,14,21,27-28,42H,11-13,15-20H2,1-6H3,(H,45,46)/t21-,27-,28?/m1/s1. The lowest BCUT2D eigenvalue weighted by Gasteiger charge is -2.46. The van der Waals surface area contributed by atoms with E-state index in [9.17, 15) is 33.8 Å². The number of aliphatic hydroxyl groups is 1. The van der Waals surface area contributed by atoms with Crippen molar-refractivity contribution in [2.75, 3.05) is 50.8 Å². The molecule has 2 aromatic rings. The van der Waals surface area contributed by atoms with E-state index >= 15 is 0 Å². The number of carboxylic acid groups (broad SMARTS) is 1. The smallest absolute Gasteiger partial charge is 0.410 e. The largest absolute Gasteiger partial charge is 0.480 e. The number of halogens is 1. The number of hydrogen-bond donors (Lipinski definition) is 2. The molecule has 5 rings (SSSR count). The number of carboxylic acids is 1. The number of aliphatic carboxylic acids is 1. The Labute approximate surface area is 285 Å². The van der Waals surface area contributed by atoms with E-state index in [2.05, 4.69) is 0 Å². The van der Waals surface area contributed by atoms with Crippen LogP contribution in [0.3, 0.4) is 0 Å². The highest BCUT2D eigenvalue weighted by Gasteiger charge is 2.46. The van der Waals surface area contributed by atoms with Gasteiger partial charge in [0.25, 0.3) is 0 Å². The van der Waals surface area contributed by atoms with Crippen molar-refractivity contribution in [2.24, 2.45) is 0 Å². The zero-order valence-electron chi connectivity index (χ0n) is 28.9. The lowest BCUT2D eigenvalue weighted by Crippen LogP contribution is -2.67. The van der Waals surface area contributed by atoms with Crippen LogP contribution < -0.4 is 4.90 Å². The second kappa shape index (κ2) is 14.0. The molecule has 0 spiro atoms. The number of piperazine rings is 1. The molecule has 0 aliphatic carbocycles. The Morgan fingerprint density at radius 1 is 1.08 bits per heavy atom. The predicted molar refractivity (Wildman–Crippen MR) is 176 cm³/mol. The minimum Gasteiger partial charge on any atom is -0.480 e. The molecule has 0 saturated carbocycles. The molecule has 1 unspecified atom stereocenters. The van der Waals surface area contributed by atoms with Crippen LogP contribution >= 0.6 is 0 Å². The average molecular weight is 684 g/mol. The topological polar surface area (TPSA) is 153 Å². The predicted octanol–water partition coefficient (Wildman–Crippen LogP) is 2.55. The van der Waals surface area contributed by atoms with E-state index in [1.807, 2.05) is 26.8 Å². The van der Waals surface area contributed by atoms with Crippen molar-refractivity contribution >= 4 is 29.6 Å². The molecule has 2 N–H and O–H groups in total. The van der Waals surface area contributed by atoms with Gasteiger partial charge < -0.3 is 34.4 Å². The molecule has 3 atom stereocenters. The maximum atomic E-state index is 14.3. The van der Waals surface area contributed by atoms with Gasteiger partial charge in [-0.2, -0.15) is 0 Å². The fourth-order valence-corrected chi connectivity index (χ4v) is 6.73. The van der Waals surface area contributed by atoms with Crippen LogP contribution in [0.25, 0.3) is 0 Å². The van der Waals surface area contributed by atoms with Gasteiger partial charge in [0.15, 0.2) is 6.04 Å². The van der Waals surface area contributed by atoms with Crippen molar-refractivity contribution in [3.8, 4) is 0 Å². The zero-order chi connectivity index (χ0) is 35.8. The number of pyridine rings is 1. The molecular weight excluding hydrogens is 637 g/mol. The summed E-state index contributed by atoms with van der Waals surface area (Å²) in [6.07, 6.45) is -0.237. The number of aromatic nitrogens is 1. The number of morpholine rings is 1. The van der Waals surface area contributed by atoms with E-state index < -0.39 is 47.1 Å². The number of aliphatic hydroxyl groups excluding tert-OH is 1. The van der Waals surface area contributed by atoms with E-state index in [1.54, 1.807) is 42.7 Å². The first-order valence-electron chi connectivity index (χ1n) is 16.5. The van der Waals surface area contributed by atoms with Crippen LogP contribution in [0.5, 0.6) is 0 Å². The summed E-state index contributed by atoms with van der Waals surface area (Å²) in [7, 11) is 0. The van der Waals surface area contributed by atoms with Gasteiger partial charge in [-0.15, -0.1) is 0 Å².